The van der Waals surface area contributed by atoms with E-state index in [1.165, 1.54) is 4.88 Å². The van der Waals surface area contributed by atoms with Gasteiger partial charge in [-0.15, -0.1) is 11.3 Å². The predicted molar refractivity (Wildman–Crippen MR) is 98.0 cm³/mol. The molecule has 1 amide bonds. The third kappa shape index (κ3) is 4.26. The molecular weight excluding hydrogens is 318 g/mol. The van der Waals surface area contributed by atoms with E-state index in [-0.39, 0.29) is 5.91 Å². The molecule has 1 aliphatic carbocycles. The Labute approximate surface area is 147 Å². The van der Waals surface area contributed by atoms with Crippen LogP contribution in [0.25, 0.3) is 0 Å². The van der Waals surface area contributed by atoms with Crippen molar-refractivity contribution in [1.29, 1.82) is 0 Å². The number of hydrogen-bond acceptors (Lipinski definition) is 3. The average molecular weight is 341 g/mol. The molecule has 0 fully saturated rings. The molecule has 24 heavy (non-hydrogen) atoms. The summed E-state index contributed by atoms with van der Waals surface area (Å²) in [6.07, 6.45) is 7.14. The molecule has 0 spiro atoms. The summed E-state index contributed by atoms with van der Waals surface area (Å²) in [7, 11) is 1.67. The minimum atomic E-state index is 0.214. The fourth-order valence-electron chi connectivity index (χ4n) is 3.08. The van der Waals surface area contributed by atoms with Gasteiger partial charge in [0.2, 0.25) is 5.91 Å². The highest BCUT2D eigenvalue weighted by Crippen LogP contribution is 2.25. The number of allylic oxidation sites excluding steroid dienone is 2. The van der Waals surface area contributed by atoms with Crippen molar-refractivity contribution in [1.82, 2.24) is 4.90 Å². The zero-order chi connectivity index (χ0) is 16.8. The minimum absolute atomic E-state index is 0.214. The number of carbonyl (C=O) groups is 1. The summed E-state index contributed by atoms with van der Waals surface area (Å²) in [5.41, 5.74) is 1.05. The molecule has 1 aliphatic rings. The van der Waals surface area contributed by atoms with Gasteiger partial charge in [-0.3, -0.25) is 4.79 Å². The molecule has 1 heterocycles. The molecule has 0 saturated heterocycles. The fourth-order valence-corrected chi connectivity index (χ4v) is 3.80. The number of thiophene rings is 1. The lowest BCUT2D eigenvalue weighted by atomic mass is 10.0. The molecule has 2 aromatic rings. The Morgan fingerprint density at radius 2 is 2.12 bits per heavy atom. The van der Waals surface area contributed by atoms with E-state index in [9.17, 15) is 4.79 Å². The number of benzene rings is 1. The second kappa shape index (κ2) is 8.15. The van der Waals surface area contributed by atoms with Crippen LogP contribution in [0, 0.1) is 5.92 Å². The molecule has 0 saturated carbocycles. The Bertz CT molecular complexity index is 693. The van der Waals surface area contributed by atoms with Crippen LogP contribution in [-0.2, 0) is 17.9 Å². The highest BCUT2D eigenvalue weighted by Gasteiger charge is 2.21. The van der Waals surface area contributed by atoms with Crippen molar-refractivity contribution in [3.05, 3.63) is 64.4 Å². The van der Waals surface area contributed by atoms with Crippen molar-refractivity contribution >= 4 is 17.2 Å². The summed E-state index contributed by atoms with van der Waals surface area (Å²) in [5, 5.41) is 2.06. The molecule has 0 aliphatic heterocycles. The molecule has 3 nitrogen and oxygen atoms in total. The van der Waals surface area contributed by atoms with Crippen LogP contribution in [-0.4, -0.2) is 17.9 Å². The number of hydrogen-bond donors (Lipinski definition) is 0. The fraction of sp³-hybridized carbons (Fsp3) is 0.350. The second-order valence-corrected chi connectivity index (χ2v) is 7.14. The number of amides is 1. The van der Waals surface area contributed by atoms with Crippen LogP contribution in [0.1, 0.15) is 29.7 Å². The largest absolute Gasteiger partial charge is 0.496 e. The van der Waals surface area contributed by atoms with E-state index in [4.69, 9.17) is 4.74 Å². The Morgan fingerprint density at radius 3 is 2.83 bits per heavy atom. The van der Waals surface area contributed by atoms with Crippen LogP contribution in [0.15, 0.2) is 53.9 Å². The SMILES string of the molecule is COc1ccccc1CN(Cc1cccs1)C(=O)CC1C=CCC1. The monoisotopic (exact) mass is 341 g/mol. The summed E-state index contributed by atoms with van der Waals surface area (Å²) >= 11 is 1.69. The number of carbonyl (C=O) groups excluding carboxylic acids is 1. The molecule has 0 N–H and O–H groups in total. The van der Waals surface area contributed by atoms with E-state index in [1.807, 2.05) is 35.2 Å². The van der Waals surface area contributed by atoms with Crippen molar-refractivity contribution in [2.24, 2.45) is 5.92 Å². The van der Waals surface area contributed by atoms with Crippen molar-refractivity contribution in [3.63, 3.8) is 0 Å². The van der Waals surface area contributed by atoms with Crippen LogP contribution in [0.3, 0.4) is 0 Å². The normalized spacial score (nSPS) is 16.3. The lowest BCUT2D eigenvalue weighted by molar-refractivity contribution is -0.133. The van der Waals surface area contributed by atoms with Gasteiger partial charge in [0.1, 0.15) is 5.75 Å². The first-order valence-corrected chi connectivity index (χ1v) is 9.23. The number of para-hydroxylation sites is 1. The van der Waals surface area contributed by atoms with E-state index >= 15 is 0 Å². The van der Waals surface area contributed by atoms with Crippen molar-refractivity contribution in [2.45, 2.75) is 32.4 Å². The third-order valence-corrected chi connectivity index (χ3v) is 5.24. The first-order chi connectivity index (χ1) is 11.8. The topological polar surface area (TPSA) is 29.5 Å². The number of nitrogens with zero attached hydrogens (tertiary/aromatic N) is 1. The predicted octanol–water partition coefficient (Wildman–Crippen LogP) is 4.64. The molecule has 1 aromatic carbocycles. The van der Waals surface area contributed by atoms with Crippen LogP contribution in [0.4, 0.5) is 0 Å². The lowest BCUT2D eigenvalue weighted by Gasteiger charge is -2.24. The number of rotatable bonds is 7. The standard InChI is InChI=1S/C20H23NO2S/c1-23-19-11-5-4-9-17(19)14-21(15-18-10-6-12-24-18)20(22)13-16-7-2-3-8-16/h2,4-7,9-12,16H,3,8,13-15H2,1H3. The summed E-state index contributed by atoms with van der Waals surface area (Å²) in [4.78, 5) is 16.0. The maximum absolute atomic E-state index is 12.9. The van der Waals surface area contributed by atoms with Crippen LogP contribution in [0.5, 0.6) is 5.75 Å². The first-order valence-electron chi connectivity index (χ1n) is 8.35. The molecular formula is C20H23NO2S. The van der Waals surface area contributed by atoms with Gasteiger partial charge < -0.3 is 9.64 Å². The molecule has 1 unspecified atom stereocenters. The quantitative estimate of drug-likeness (QED) is 0.687. The maximum atomic E-state index is 12.9. The molecule has 1 atom stereocenters. The summed E-state index contributed by atoms with van der Waals surface area (Å²) in [5.74, 6) is 1.44. The highest BCUT2D eigenvalue weighted by molar-refractivity contribution is 7.09. The van der Waals surface area contributed by atoms with Gasteiger partial charge in [0.25, 0.3) is 0 Å². The van der Waals surface area contributed by atoms with Gasteiger partial charge in [0.05, 0.1) is 13.7 Å². The van der Waals surface area contributed by atoms with E-state index in [0.717, 1.165) is 24.2 Å². The van der Waals surface area contributed by atoms with E-state index in [1.54, 1.807) is 18.4 Å². The highest BCUT2D eigenvalue weighted by atomic mass is 32.1. The van der Waals surface area contributed by atoms with Crippen LogP contribution in [0.2, 0.25) is 0 Å². The van der Waals surface area contributed by atoms with Crippen molar-refractivity contribution in [3.8, 4) is 5.75 Å². The first kappa shape index (κ1) is 16.8. The third-order valence-electron chi connectivity index (χ3n) is 4.38. The summed E-state index contributed by atoms with van der Waals surface area (Å²) in [6.45, 7) is 1.24. The minimum Gasteiger partial charge on any atom is -0.496 e. The van der Waals surface area contributed by atoms with Gasteiger partial charge in [-0.25, -0.2) is 0 Å². The Hall–Kier alpha value is -2.07. The van der Waals surface area contributed by atoms with Crippen molar-refractivity contribution in [2.75, 3.05) is 7.11 Å². The zero-order valence-corrected chi connectivity index (χ0v) is 14.8. The van der Waals surface area contributed by atoms with Crippen LogP contribution >= 0.6 is 11.3 Å². The van der Waals surface area contributed by atoms with Gasteiger partial charge >= 0.3 is 0 Å². The molecule has 0 radical (unpaired) electrons. The van der Waals surface area contributed by atoms with E-state index in [0.29, 0.717) is 25.4 Å². The van der Waals surface area contributed by atoms with E-state index < -0.39 is 0 Å². The molecule has 0 bridgehead atoms. The van der Waals surface area contributed by atoms with Gasteiger partial charge in [-0.05, 0) is 36.3 Å². The molecule has 3 rings (SSSR count). The second-order valence-electron chi connectivity index (χ2n) is 6.11. The van der Waals surface area contributed by atoms with Crippen LogP contribution < -0.4 is 4.74 Å². The zero-order valence-electron chi connectivity index (χ0n) is 14.0. The number of methoxy groups -OCH3 is 1. The Kier molecular flexibility index (Phi) is 5.70. The molecule has 4 heteroatoms. The van der Waals surface area contributed by atoms with Gasteiger partial charge in [0, 0.05) is 23.4 Å². The van der Waals surface area contributed by atoms with Gasteiger partial charge in [-0.2, -0.15) is 0 Å². The van der Waals surface area contributed by atoms with E-state index in [2.05, 4.69) is 23.6 Å². The summed E-state index contributed by atoms with van der Waals surface area (Å²) in [6, 6.07) is 12.0. The molecule has 1 aromatic heterocycles. The number of ether oxygens (including phenoxy) is 1. The lowest BCUT2D eigenvalue weighted by Crippen LogP contribution is -2.31. The van der Waals surface area contributed by atoms with Gasteiger partial charge in [0.15, 0.2) is 0 Å². The summed E-state index contributed by atoms with van der Waals surface area (Å²) < 4.78 is 5.45. The molecule has 126 valence electrons. The Balaban J connectivity index is 1.75. The average Bonchev–Trinajstić information content (AvgIpc) is 3.28. The van der Waals surface area contributed by atoms with Crippen molar-refractivity contribution < 1.29 is 9.53 Å². The Morgan fingerprint density at radius 1 is 1.25 bits per heavy atom. The smallest absolute Gasteiger partial charge is 0.223 e. The maximum Gasteiger partial charge on any atom is 0.223 e. The van der Waals surface area contributed by atoms with Gasteiger partial charge in [-0.1, -0.05) is 36.4 Å².